The lowest BCUT2D eigenvalue weighted by molar-refractivity contribution is -0.116. The van der Waals surface area contributed by atoms with Crippen molar-refractivity contribution in [3.05, 3.63) is 72.4 Å². The van der Waals surface area contributed by atoms with Gasteiger partial charge in [-0.25, -0.2) is 15.0 Å². The van der Waals surface area contributed by atoms with Gasteiger partial charge in [0.15, 0.2) is 0 Å². The van der Waals surface area contributed by atoms with Gasteiger partial charge >= 0.3 is 0 Å². The maximum absolute atomic E-state index is 12.5. The Hall–Kier alpha value is -4.71. The lowest BCUT2D eigenvalue weighted by Crippen LogP contribution is -2.26. The zero-order valence-corrected chi connectivity index (χ0v) is 18.0. The molecule has 0 radical (unpaired) electrons. The lowest BCUT2D eigenvalue weighted by atomic mass is 10.1. The first-order valence-electron chi connectivity index (χ1n) is 10.2. The summed E-state index contributed by atoms with van der Waals surface area (Å²) in [7, 11) is 0. The number of nitrogens with zero attached hydrogens (tertiary/aromatic N) is 4. The molecule has 9 heteroatoms. The molecule has 4 rings (SSSR count). The van der Waals surface area contributed by atoms with Crippen LogP contribution in [0.4, 0.5) is 11.6 Å². The minimum Gasteiger partial charge on any atom is -0.382 e. The van der Waals surface area contributed by atoms with Crippen molar-refractivity contribution in [3.8, 4) is 23.1 Å². The topological polar surface area (TPSA) is 127 Å². The molecule has 3 heterocycles. The van der Waals surface area contributed by atoms with Crippen LogP contribution in [0.1, 0.15) is 36.1 Å². The first-order chi connectivity index (χ1) is 16.0. The number of amides is 2. The monoisotopic (exact) mass is 439 g/mol. The molecule has 0 fully saturated rings. The Morgan fingerprint density at radius 2 is 1.88 bits per heavy atom. The van der Waals surface area contributed by atoms with Crippen molar-refractivity contribution in [2.24, 2.45) is 0 Å². The molecular formula is C24H21N7O2. The van der Waals surface area contributed by atoms with Crippen LogP contribution in [0.25, 0.3) is 16.8 Å². The van der Waals surface area contributed by atoms with Crippen LogP contribution in [0.15, 0.2) is 61.1 Å². The number of hydrogen-bond acceptors (Lipinski definition) is 6. The van der Waals surface area contributed by atoms with E-state index in [9.17, 15) is 9.59 Å². The number of hydrogen-bond donors (Lipinski definition) is 3. The van der Waals surface area contributed by atoms with Gasteiger partial charge in [0.25, 0.3) is 11.8 Å². The highest BCUT2D eigenvalue weighted by atomic mass is 16.2. The standard InChI is InChI=1S/C24H21N7O2/c1-3-6-19(32)28-15(2)23-30-20(21-22(25)27-13-14-31(21)23)16-8-10-17(11-9-16)24(33)29-18-7-4-5-12-26-18/h4-5,7-15H,1-2H3,(H2,25,27)(H,28,32)(H,26,29,33). The molecule has 0 spiro atoms. The van der Waals surface area contributed by atoms with Gasteiger partial charge in [-0.3, -0.25) is 14.0 Å². The van der Waals surface area contributed by atoms with E-state index in [0.717, 1.165) is 5.56 Å². The van der Waals surface area contributed by atoms with Gasteiger partial charge in [-0.15, -0.1) is 0 Å². The summed E-state index contributed by atoms with van der Waals surface area (Å²) >= 11 is 0. The maximum Gasteiger partial charge on any atom is 0.296 e. The quantitative estimate of drug-likeness (QED) is 0.410. The fourth-order valence-corrected chi connectivity index (χ4v) is 3.41. The molecule has 1 atom stereocenters. The number of rotatable bonds is 5. The van der Waals surface area contributed by atoms with E-state index in [4.69, 9.17) is 10.7 Å². The molecule has 2 amide bonds. The minimum atomic E-state index is -0.426. The predicted molar refractivity (Wildman–Crippen MR) is 125 cm³/mol. The summed E-state index contributed by atoms with van der Waals surface area (Å²) in [6.07, 6.45) is 4.92. The number of carbonyl (C=O) groups excluding carboxylic acids is 2. The van der Waals surface area contributed by atoms with Gasteiger partial charge in [-0.1, -0.05) is 24.1 Å². The first-order valence-corrected chi connectivity index (χ1v) is 10.2. The second-order valence-corrected chi connectivity index (χ2v) is 7.17. The third-order valence-electron chi connectivity index (χ3n) is 4.91. The number of aromatic nitrogens is 4. The van der Waals surface area contributed by atoms with Crippen LogP contribution < -0.4 is 16.4 Å². The van der Waals surface area contributed by atoms with Gasteiger partial charge in [0, 0.05) is 29.7 Å². The van der Waals surface area contributed by atoms with Crippen LogP contribution in [0.5, 0.6) is 0 Å². The zero-order valence-electron chi connectivity index (χ0n) is 18.0. The molecule has 0 aliphatic carbocycles. The van der Waals surface area contributed by atoms with E-state index in [1.165, 1.54) is 0 Å². The molecule has 0 aliphatic rings. The van der Waals surface area contributed by atoms with Crippen molar-refractivity contribution in [2.75, 3.05) is 11.1 Å². The van der Waals surface area contributed by atoms with E-state index < -0.39 is 11.9 Å². The maximum atomic E-state index is 12.5. The minimum absolute atomic E-state index is 0.273. The molecule has 9 nitrogen and oxygen atoms in total. The summed E-state index contributed by atoms with van der Waals surface area (Å²) in [5.41, 5.74) is 8.59. The Morgan fingerprint density at radius 3 is 2.58 bits per heavy atom. The highest BCUT2D eigenvalue weighted by Crippen LogP contribution is 2.30. The number of fused-ring (bicyclic) bond motifs is 1. The van der Waals surface area contributed by atoms with Crippen molar-refractivity contribution in [2.45, 2.75) is 19.9 Å². The highest BCUT2D eigenvalue weighted by Gasteiger charge is 2.21. The number of anilines is 2. The number of pyridine rings is 1. The summed E-state index contributed by atoms with van der Waals surface area (Å²) in [5, 5.41) is 5.56. The summed E-state index contributed by atoms with van der Waals surface area (Å²) in [5.74, 6) is 5.72. The highest BCUT2D eigenvalue weighted by molar-refractivity contribution is 6.04. The van der Waals surface area contributed by atoms with Gasteiger partial charge in [-0.05, 0) is 44.0 Å². The van der Waals surface area contributed by atoms with E-state index in [2.05, 4.69) is 32.4 Å². The molecule has 1 unspecified atom stereocenters. The average Bonchev–Trinajstić information content (AvgIpc) is 3.21. The third-order valence-corrected chi connectivity index (χ3v) is 4.91. The Balaban J connectivity index is 1.67. The Labute approximate surface area is 190 Å². The lowest BCUT2D eigenvalue weighted by Gasteiger charge is -2.10. The fraction of sp³-hybridized carbons (Fsp3) is 0.125. The molecule has 0 bridgehead atoms. The molecule has 0 saturated carbocycles. The van der Waals surface area contributed by atoms with E-state index in [1.807, 2.05) is 6.92 Å². The number of carbonyl (C=O) groups is 2. The zero-order chi connectivity index (χ0) is 23.4. The molecule has 3 aromatic heterocycles. The summed E-state index contributed by atoms with van der Waals surface area (Å²) in [4.78, 5) is 37.5. The molecule has 0 saturated heterocycles. The molecule has 0 aliphatic heterocycles. The van der Waals surface area contributed by atoms with Crippen LogP contribution in [-0.4, -0.2) is 31.2 Å². The number of nitrogens with one attached hydrogen (secondary N) is 2. The van der Waals surface area contributed by atoms with Crippen molar-refractivity contribution in [3.63, 3.8) is 0 Å². The smallest absolute Gasteiger partial charge is 0.296 e. The fourth-order valence-electron chi connectivity index (χ4n) is 3.41. The molecule has 33 heavy (non-hydrogen) atoms. The number of nitrogen functional groups attached to an aromatic ring is 1. The second-order valence-electron chi connectivity index (χ2n) is 7.17. The number of imidazole rings is 1. The van der Waals surface area contributed by atoms with Crippen LogP contribution in [0.3, 0.4) is 0 Å². The van der Waals surface area contributed by atoms with Crippen LogP contribution >= 0.6 is 0 Å². The number of nitrogens with two attached hydrogens (primary N) is 1. The van der Waals surface area contributed by atoms with Crippen LogP contribution in [0.2, 0.25) is 0 Å². The van der Waals surface area contributed by atoms with E-state index in [1.54, 1.807) is 72.4 Å². The Bertz CT molecular complexity index is 1380. The Kier molecular flexibility index (Phi) is 6.00. The first kappa shape index (κ1) is 21.5. The van der Waals surface area contributed by atoms with Gasteiger partial charge in [0.1, 0.15) is 28.7 Å². The van der Waals surface area contributed by atoms with Crippen LogP contribution in [-0.2, 0) is 4.79 Å². The SMILES string of the molecule is CC#CC(=O)NC(C)c1nc(-c2ccc(C(=O)Nc3ccccn3)cc2)c2c(N)nccn12. The Morgan fingerprint density at radius 1 is 1.09 bits per heavy atom. The van der Waals surface area contributed by atoms with Gasteiger partial charge in [-0.2, -0.15) is 0 Å². The predicted octanol–water partition coefficient (Wildman–Crippen LogP) is 2.83. The second kappa shape index (κ2) is 9.20. The normalized spacial score (nSPS) is 11.3. The molecular weight excluding hydrogens is 418 g/mol. The van der Waals surface area contributed by atoms with Crippen molar-refractivity contribution < 1.29 is 9.59 Å². The summed E-state index contributed by atoms with van der Waals surface area (Å²) < 4.78 is 1.80. The molecule has 4 aromatic rings. The van der Waals surface area contributed by atoms with Gasteiger partial charge < -0.3 is 16.4 Å². The van der Waals surface area contributed by atoms with Crippen molar-refractivity contribution in [1.29, 1.82) is 0 Å². The average molecular weight is 439 g/mol. The van der Waals surface area contributed by atoms with Crippen LogP contribution in [0, 0.1) is 11.8 Å². The molecule has 1 aromatic carbocycles. The van der Waals surface area contributed by atoms with Crippen molar-refractivity contribution in [1.82, 2.24) is 24.7 Å². The largest absolute Gasteiger partial charge is 0.382 e. The van der Waals surface area contributed by atoms with Gasteiger partial charge in [0.2, 0.25) is 0 Å². The summed E-state index contributed by atoms with van der Waals surface area (Å²) in [6, 6.07) is 11.8. The van der Waals surface area contributed by atoms with E-state index in [-0.39, 0.29) is 5.91 Å². The van der Waals surface area contributed by atoms with E-state index in [0.29, 0.717) is 34.2 Å². The number of benzene rings is 1. The van der Waals surface area contributed by atoms with Gasteiger partial charge in [0.05, 0.1) is 6.04 Å². The molecule has 4 N–H and O–H groups in total. The van der Waals surface area contributed by atoms with Crippen molar-refractivity contribution >= 4 is 29.0 Å². The third kappa shape index (κ3) is 4.50. The van der Waals surface area contributed by atoms with E-state index >= 15 is 0 Å². The summed E-state index contributed by atoms with van der Waals surface area (Å²) in [6.45, 7) is 3.41. The molecule has 164 valence electrons.